The minimum absolute atomic E-state index is 0.0144. The lowest BCUT2D eigenvalue weighted by Crippen LogP contribution is -2.48. The van der Waals surface area contributed by atoms with Crippen LogP contribution < -0.4 is 5.32 Å². The average molecular weight is 584 g/mol. The van der Waals surface area contributed by atoms with E-state index in [9.17, 15) is 9.90 Å². The number of carbonyl (C=O) groups is 1. The molecule has 42 heavy (non-hydrogen) atoms. The third kappa shape index (κ3) is 6.10. The van der Waals surface area contributed by atoms with Gasteiger partial charge in [-0.15, -0.1) is 0 Å². The van der Waals surface area contributed by atoms with Gasteiger partial charge in [0.2, 0.25) is 0 Å². The number of rotatable bonds is 10. The first-order chi connectivity index (χ1) is 20.4. The number of likely N-dealkylation sites (tertiary alicyclic amines) is 1. The second-order valence-electron chi connectivity index (χ2n) is 11.6. The summed E-state index contributed by atoms with van der Waals surface area (Å²) in [6.45, 7) is 6.21. The SMILES string of the molecule is CCCc1cccc2ccc(-c3c(Cl)cccc3C(O)(CCC)C3CCCN(C(=O)c4ccc(CNC)cc4)C3)nc12. The van der Waals surface area contributed by atoms with Gasteiger partial charge in [-0.25, -0.2) is 4.98 Å². The molecule has 0 bridgehead atoms. The number of amides is 1. The maximum atomic E-state index is 13.6. The molecule has 6 heteroatoms. The van der Waals surface area contributed by atoms with Crippen molar-refractivity contribution in [2.75, 3.05) is 20.1 Å². The monoisotopic (exact) mass is 583 g/mol. The van der Waals surface area contributed by atoms with Crippen molar-refractivity contribution in [2.45, 2.75) is 64.5 Å². The molecule has 0 saturated carbocycles. The number of para-hydroxylation sites is 1. The van der Waals surface area contributed by atoms with Crippen molar-refractivity contribution >= 4 is 28.4 Å². The fourth-order valence-corrected chi connectivity index (χ4v) is 6.88. The molecule has 2 N–H and O–H groups in total. The van der Waals surface area contributed by atoms with Gasteiger partial charge in [-0.1, -0.05) is 86.8 Å². The number of hydrogen-bond acceptors (Lipinski definition) is 4. The molecule has 1 saturated heterocycles. The normalized spacial score (nSPS) is 16.9. The molecule has 0 radical (unpaired) electrons. The zero-order valence-corrected chi connectivity index (χ0v) is 25.8. The summed E-state index contributed by atoms with van der Waals surface area (Å²) in [5.74, 6) is -0.118. The molecular formula is C36H42ClN3O2. The summed E-state index contributed by atoms with van der Waals surface area (Å²) in [4.78, 5) is 20.6. The summed E-state index contributed by atoms with van der Waals surface area (Å²) in [5.41, 5.74) is 5.21. The number of nitrogens with one attached hydrogen (secondary N) is 1. The number of aliphatic hydroxyl groups is 1. The lowest BCUT2D eigenvalue weighted by molar-refractivity contribution is -0.0556. The highest BCUT2D eigenvalue weighted by Crippen LogP contribution is 2.45. The van der Waals surface area contributed by atoms with E-state index in [2.05, 4.69) is 43.4 Å². The van der Waals surface area contributed by atoms with E-state index < -0.39 is 5.60 Å². The molecule has 1 aliphatic rings. The Morgan fingerprint density at radius 3 is 2.57 bits per heavy atom. The van der Waals surface area contributed by atoms with Gasteiger partial charge in [-0.05, 0) is 73.7 Å². The fraction of sp³-hybridized carbons (Fsp3) is 0.389. The van der Waals surface area contributed by atoms with Crippen molar-refractivity contribution in [1.29, 1.82) is 0 Å². The van der Waals surface area contributed by atoms with Crippen molar-refractivity contribution in [2.24, 2.45) is 5.92 Å². The molecule has 4 aromatic rings. The molecular weight excluding hydrogens is 542 g/mol. The number of aromatic nitrogens is 1. The third-order valence-corrected chi connectivity index (χ3v) is 8.97. The van der Waals surface area contributed by atoms with Gasteiger partial charge in [0.05, 0.1) is 21.8 Å². The zero-order chi connectivity index (χ0) is 29.7. The lowest BCUT2D eigenvalue weighted by atomic mass is 9.72. The molecule has 1 aliphatic heterocycles. The number of fused-ring (bicyclic) bond motifs is 1. The van der Waals surface area contributed by atoms with Crippen LogP contribution in [-0.4, -0.2) is 41.0 Å². The van der Waals surface area contributed by atoms with Gasteiger partial charge >= 0.3 is 0 Å². The van der Waals surface area contributed by atoms with Crippen LogP contribution in [0.5, 0.6) is 0 Å². The molecule has 2 heterocycles. The largest absolute Gasteiger partial charge is 0.385 e. The summed E-state index contributed by atoms with van der Waals surface area (Å²) < 4.78 is 0. The Hall–Kier alpha value is -3.25. The topological polar surface area (TPSA) is 65.5 Å². The number of carbonyl (C=O) groups excluding carboxylic acids is 1. The smallest absolute Gasteiger partial charge is 0.253 e. The summed E-state index contributed by atoms with van der Waals surface area (Å²) in [7, 11) is 1.91. The van der Waals surface area contributed by atoms with Crippen molar-refractivity contribution < 1.29 is 9.90 Å². The van der Waals surface area contributed by atoms with Crippen LogP contribution in [0.3, 0.4) is 0 Å². The van der Waals surface area contributed by atoms with E-state index in [1.165, 1.54) is 5.56 Å². The van der Waals surface area contributed by atoms with Crippen LogP contribution in [0, 0.1) is 5.92 Å². The quantitative estimate of drug-likeness (QED) is 0.200. The van der Waals surface area contributed by atoms with Gasteiger partial charge in [0.1, 0.15) is 0 Å². The van der Waals surface area contributed by atoms with E-state index in [0.29, 0.717) is 30.1 Å². The number of aryl methyl sites for hydroxylation is 1. The molecule has 0 aliphatic carbocycles. The minimum Gasteiger partial charge on any atom is -0.385 e. The first-order valence-electron chi connectivity index (χ1n) is 15.3. The maximum Gasteiger partial charge on any atom is 0.253 e. The standard InChI is InChI=1S/C36H42ClN3O2/c1-4-9-26-10-6-11-27-19-20-32(39-34(26)27)33-30(13-7-14-31(33)37)36(42,21-5-2)29-12-8-22-40(24-29)35(41)28-17-15-25(16-18-28)23-38-3/h6-7,10-11,13-20,29,38,42H,4-5,8-9,12,21-24H2,1-3H3. The molecule has 220 valence electrons. The Balaban J connectivity index is 1.52. The maximum absolute atomic E-state index is 13.6. The number of hydrogen-bond donors (Lipinski definition) is 2. The molecule has 3 aromatic carbocycles. The molecule has 2 unspecified atom stereocenters. The second-order valence-corrected chi connectivity index (χ2v) is 12.0. The fourth-order valence-electron chi connectivity index (χ4n) is 6.61. The van der Waals surface area contributed by atoms with E-state index in [1.54, 1.807) is 0 Å². The Kier molecular flexibility index (Phi) is 9.62. The van der Waals surface area contributed by atoms with E-state index in [0.717, 1.165) is 71.9 Å². The van der Waals surface area contributed by atoms with Gasteiger partial charge in [-0.2, -0.15) is 0 Å². The van der Waals surface area contributed by atoms with Crippen LogP contribution in [0.2, 0.25) is 5.02 Å². The van der Waals surface area contributed by atoms with Crippen LogP contribution in [0.1, 0.15) is 73.0 Å². The summed E-state index contributed by atoms with van der Waals surface area (Å²) in [5, 5.41) is 17.5. The number of piperidine rings is 1. The number of pyridine rings is 1. The van der Waals surface area contributed by atoms with Gasteiger partial charge in [0, 0.05) is 42.1 Å². The molecule has 1 amide bonds. The first kappa shape index (κ1) is 30.2. The number of halogens is 1. The highest BCUT2D eigenvalue weighted by atomic mass is 35.5. The van der Waals surface area contributed by atoms with Crippen LogP contribution in [0.25, 0.3) is 22.2 Å². The Morgan fingerprint density at radius 2 is 1.83 bits per heavy atom. The number of benzene rings is 3. The van der Waals surface area contributed by atoms with Gasteiger partial charge in [-0.3, -0.25) is 4.79 Å². The first-order valence-corrected chi connectivity index (χ1v) is 15.7. The zero-order valence-electron chi connectivity index (χ0n) is 25.0. The minimum atomic E-state index is -1.16. The van der Waals surface area contributed by atoms with Gasteiger partial charge in [0.25, 0.3) is 5.91 Å². The second kappa shape index (κ2) is 13.4. The predicted octanol–water partition coefficient (Wildman–Crippen LogP) is 7.77. The lowest BCUT2D eigenvalue weighted by Gasteiger charge is -2.43. The highest BCUT2D eigenvalue weighted by molar-refractivity contribution is 6.33. The summed E-state index contributed by atoms with van der Waals surface area (Å²) in [6.07, 6.45) is 5.03. The molecule has 5 nitrogen and oxygen atoms in total. The molecule has 0 spiro atoms. The van der Waals surface area contributed by atoms with Crippen LogP contribution in [0.4, 0.5) is 0 Å². The van der Waals surface area contributed by atoms with Crippen LogP contribution in [-0.2, 0) is 18.6 Å². The summed E-state index contributed by atoms with van der Waals surface area (Å²) in [6, 6.07) is 24.1. The molecule has 1 aromatic heterocycles. The van der Waals surface area contributed by atoms with Gasteiger partial charge in [0.15, 0.2) is 0 Å². The Bertz CT molecular complexity index is 1540. The Labute approximate surface area is 254 Å². The third-order valence-electron chi connectivity index (χ3n) is 8.66. The van der Waals surface area contributed by atoms with Crippen molar-refractivity contribution in [3.05, 3.63) is 100 Å². The predicted molar refractivity (Wildman–Crippen MR) is 173 cm³/mol. The van der Waals surface area contributed by atoms with E-state index in [1.807, 2.05) is 60.5 Å². The number of nitrogens with zero attached hydrogens (tertiary/aromatic N) is 2. The van der Waals surface area contributed by atoms with E-state index >= 15 is 0 Å². The molecule has 1 fully saturated rings. The summed E-state index contributed by atoms with van der Waals surface area (Å²) >= 11 is 6.94. The Morgan fingerprint density at radius 1 is 1.05 bits per heavy atom. The average Bonchev–Trinajstić information content (AvgIpc) is 3.01. The molecule has 5 rings (SSSR count). The molecule has 2 atom stereocenters. The van der Waals surface area contributed by atoms with Crippen LogP contribution in [0.15, 0.2) is 72.8 Å². The van der Waals surface area contributed by atoms with Crippen molar-refractivity contribution in [1.82, 2.24) is 15.2 Å². The van der Waals surface area contributed by atoms with Gasteiger partial charge < -0.3 is 15.3 Å². The van der Waals surface area contributed by atoms with E-state index in [-0.39, 0.29) is 11.8 Å². The highest BCUT2D eigenvalue weighted by Gasteiger charge is 2.43. The van der Waals surface area contributed by atoms with Crippen molar-refractivity contribution in [3.8, 4) is 11.3 Å². The van der Waals surface area contributed by atoms with E-state index in [4.69, 9.17) is 16.6 Å². The van der Waals surface area contributed by atoms with Crippen LogP contribution >= 0.6 is 11.6 Å². The van der Waals surface area contributed by atoms with Crippen molar-refractivity contribution in [3.63, 3.8) is 0 Å².